The summed E-state index contributed by atoms with van der Waals surface area (Å²) in [6, 6.07) is 8.28. The van der Waals surface area contributed by atoms with Crippen molar-refractivity contribution in [2.75, 3.05) is 13.7 Å². The van der Waals surface area contributed by atoms with E-state index < -0.39 is 5.60 Å². The molecule has 4 rings (SSSR count). The summed E-state index contributed by atoms with van der Waals surface area (Å²) in [5, 5.41) is 0. The van der Waals surface area contributed by atoms with Gasteiger partial charge in [0.15, 0.2) is 0 Å². The maximum atomic E-state index is 12.6. The van der Waals surface area contributed by atoms with Gasteiger partial charge in [0.2, 0.25) is 0 Å². The zero-order valence-corrected chi connectivity index (χ0v) is 18.7. The Kier molecular flexibility index (Phi) is 5.77. The lowest BCUT2D eigenvalue weighted by molar-refractivity contribution is -0.148. The highest BCUT2D eigenvalue weighted by Gasteiger charge is 2.36. The van der Waals surface area contributed by atoms with E-state index in [1.165, 1.54) is 12.7 Å². The molecule has 1 aliphatic heterocycles. The number of benzene rings is 1. The number of ether oxygens (including phenoxy) is 2. The average Bonchev–Trinajstić information content (AvgIpc) is 3.35. The van der Waals surface area contributed by atoms with Crippen molar-refractivity contribution in [2.45, 2.75) is 64.0 Å². The second kappa shape index (κ2) is 8.36. The number of nitrogens with zero attached hydrogens (tertiary/aromatic N) is 2. The Labute approximate surface area is 183 Å². The number of carbonyl (C=O) groups excluding carboxylic acids is 2. The highest BCUT2D eigenvalue weighted by Crippen LogP contribution is 2.42. The van der Waals surface area contributed by atoms with Crippen molar-refractivity contribution in [1.82, 2.24) is 14.9 Å². The monoisotopic (exact) mass is 425 g/mol. The first kappa shape index (κ1) is 21.4. The van der Waals surface area contributed by atoms with Crippen LogP contribution in [0.2, 0.25) is 0 Å². The van der Waals surface area contributed by atoms with Crippen LogP contribution in [0.4, 0.5) is 4.79 Å². The first-order valence-corrected chi connectivity index (χ1v) is 11.0. The van der Waals surface area contributed by atoms with E-state index in [2.05, 4.69) is 29.2 Å². The van der Waals surface area contributed by atoms with Crippen molar-refractivity contribution >= 4 is 12.1 Å². The Hall–Kier alpha value is -2.83. The fourth-order valence-corrected chi connectivity index (χ4v) is 4.42. The molecule has 166 valence electrons. The number of nitrogens with one attached hydrogen (secondary N) is 1. The lowest BCUT2D eigenvalue weighted by Crippen LogP contribution is -2.36. The lowest BCUT2D eigenvalue weighted by Gasteiger charge is -2.33. The van der Waals surface area contributed by atoms with Gasteiger partial charge in [-0.05, 0) is 57.9 Å². The third kappa shape index (κ3) is 4.60. The molecule has 0 radical (unpaired) electrons. The van der Waals surface area contributed by atoms with Crippen LogP contribution in [0.1, 0.15) is 69.8 Å². The number of hydrogen-bond acceptors (Lipinski definition) is 5. The van der Waals surface area contributed by atoms with E-state index in [1.54, 1.807) is 4.90 Å². The molecule has 1 aliphatic carbocycles. The summed E-state index contributed by atoms with van der Waals surface area (Å²) in [4.78, 5) is 34.0. The van der Waals surface area contributed by atoms with E-state index in [0.29, 0.717) is 12.5 Å². The molecule has 1 saturated heterocycles. The molecule has 1 N–H and O–H groups in total. The van der Waals surface area contributed by atoms with Gasteiger partial charge in [-0.2, -0.15) is 0 Å². The molecular formula is C24H31N3O4. The van der Waals surface area contributed by atoms with Crippen LogP contribution in [0.3, 0.4) is 0 Å². The largest absolute Gasteiger partial charge is 0.469 e. The van der Waals surface area contributed by atoms with Crippen molar-refractivity contribution in [1.29, 1.82) is 0 Å². The zero-order chi connectivity index (χ0) is 22.2. The molecule has 1 saturated carbocycles. The Morgan fingerprint density at radius 1 is 1.16 bits per heavy atom. The van der Waals surface area contributed by atoms with Gasteiger partial charge in [0.25, 0.3) is 0 Å². The molecule has 0 spiro atoms. The molecule has 1 aromatic carbocycles. The fourth-order valence-electron chi connectivity index (χ4n) is 4.42. The fraction of sp³-hybridized carbons (Fsp3) is 0.542. The second-order valence-corrected chi connectivity index (χ2v) is 9.51. The van der Waals surface area contributed by atoms with Gasteiger partial charge < -0.3 is 14.5 Å². The minimum Gasteiger partial charge on any atom is -0.469 e. The number of aromatic amines is 1. The Bertz CT molecular complexity index is 938. The first-order valence-electron chi connectivity index (χ1n) is 11.0. The molecule has 1 aromatic heterocycles. The number of aromatic nitrogens is 2. The molecule has 7 nitrogen and oxygen atoms in total. The Balaban J connectivity index is 1.42. The SMILES string of the molecule is COC(=O)C1CC(c2ccc(-c3c[nH]c(C4CCCN4C(=O)OC(C)(C)C)n3)cc2)C1. The molecule has 2 heterocycles. The normalized spacial score (nSPS) is 23.4. The lowest BCUT2D eigenvalue weighted by atomic mass is 9.71. The van der Waals surface area contributed by atoms with Crippen molar-refractivity contribution in [3.63, 3.8) is 0 Å². The predicted octanol–water partition coefficient (Wildman–Crippen LogP) is 4.82. The van der Waals surface area contributed by atoms with E-state index in [0.717, 1.165) is 42.8 Å². The molecule has 0 bridgehead atoms. The highest BCUT2D eigenvalue weighted by molar-refractivity contribution is 5.74. The van der Waals surface area contributed by atoms with E-state index >= 15 is 0 Å². The van der Waals surface area contributed by atoms with Gasteiger partial charge in [0, 0.05) is 18.3 Å². The summed E-state index contributed by atoms with van der Waals surface area (Å²) >= 11 is 0. The molecule has 7 heteroatoms. The van der Waals surface area contributed by atoms with Gasteiger partial charge in [-0.25, -0.2) is 9.78 Å². The van der Waals surface area contributed by atoms with E-state index in [1.807, 2.05) is 27.0 Å². The predicted molar refractivity (Wildman–Crippen MR) is 116 cm³/mol. The van der Waals surface area contributed by atoms with Gasteiger partial charge in [-0.1, -0.05) is 24.3 Å². The standard InChI is InChI=1S/C24H31N3O4/c1-24(2,3)31-23(29)27-11-5-6-20(27)21-25-14-19(26-21)16-9-7-15(8-10-16)17-12-18(13-17)22(28)30-4/h7-10,14,17-18,20H,5-6,11-13H2,1-4H3,(H,25,26). The van der Waals surface area contributed by atoms with Crippen molar-refractivity contribution < 1.29 is 19.1 Å². The van der Waals surface area contributed by atoms with Crippen molar-refractivity contribution in [2.24, 2.45) is 5.92 Å². The van der Waals surface area contributed by atoms with Crippen LogP contribution in [-0.2, 0) is 14.3 Å². The minimum atomic E-state index is -0.516. The first-order chi connectivity index (χ1) is 14.7. The topological polar surface area (TPSA) is 84.5 Å². The quantitative estimate of drug-likeness (QED) is 0.710. The molecule has 2 aliphatic rings. The smallest absolute Gasteiger partial charge is 0.410 e. The van der Waals surface area contributed by atoms with Crippen LogP contribution >= 0.6 is 0 Å². The number of H-pyrrole nitrogens is 1. The van der Waals surface area contributed by atoms with Crippen LogP contribution in [0, 0.1) is 5.92 Å². The number of carbonyl (C=O) groups is 2. The van der Waals surface area contributed by atoms with Gasteiger partial charge in [0.05, 0.1) is 24.8 Å². The molecule has 1 unspecified atom stereocenters. The molecular weight excluding hydrogens is 394 g/mol. The van der Waals surface area contributed by atoms with Gasteiger partial charge in [0.1, 0.15) is 11.4 Å². The Morgan fingerprint density at radius 2 is 1.87 bits per heavy atom. The van der Waals surface area contributed by atoms with Crippen LogP contribution < -0.4 is 0 Å². The van der Waals surface area contributed by atoms with Crippen molar-refractivity contribution in [3.05, 3.63) is 41.9 Å². The van der Waals surface area contributed by atoms with Crippen LogP contribution in [-0.4, -0.2) is 46.2 Å². The van der Waals surface area contributed by atoms with Crippen LogP contribution in [0.25, 0.3) is 11.3 Å². The number of methoxy groups -OCH3 is 1. The van der Waals surface area contributed by atoms with E-state index in [-0.39, 0.29) is 24.0 Å². The summed E-state index contributed by atoms with van der Waals surface area (Å²) in [5.74, 6) is 1.13. The third-order valence-corrected chi connectivity index (χ3v) is 6.14. The number of amides is 1. The molecule has 31 heavy (non-hydrogen) atoms. The zero-order valence-electron chi connectivity index (χ0n) is 18.7. The number of esters is 1. The van der Waals surface area contributed by atoms with Gasteiger partial charge in [-0.15, -0.1) is 0 Å². The van der Waals surface area contributed by atoms with Crippen LogP contribution in [0.5, 0.6) is 0 Å². The number of imidazole rings is 1. The maximum absolute atomic E-state index is 12.6. The Morgan fingerprint density at radius 3 is 2.52 bits per heavy atom. The van der Waals surface area contributed by atoms with Crippen molar-refractivity contribution in [3.8, 4) is 11.3 Å². The van der Waals surface area contributed by atoms with Crippen LogP contribution in [0.15, 0.2) is 30.5 Å². The van der Waals surface area contributed by atoms with E-state index in [9.17, 15) is 9.59 Å². The maximum Gasteiger partial charge on any atom is 0.410 e. The average molecular weight is 426 g/mol. The third-order valence-electron chi connectivity index (χ3n) is 6.14. The second-order valence-electron chi connectivity index (χ2n) is 9.51. The number of hydrogen-bond donors (Lipinski definition) is 1. The summed E-state index contributed by atoms with van der Waals surface area (Å²) in [7, 11) is 1.45. The van der Waals surface area contributed by atoms with E-state index in [4.69, 9.17) is 14.5 Å². The van der Waals surface area contributed by atoms with Gasteiger partial charge >= 0.3 is 12.1 Å². The summed E-state index contributed by atoms with van der Waals surface area (Å²) < 4.78 is 10.4. The summed E-state index contributed by atoms with van der Waals surface area (Å²) in [6.45, 7) is 6.32. The summed E-state index contributed by atoms with van der Waals surface area (Å²) in [5.41, 5.74) is 2.61. The number of rotatable bonds is 4. The molecule has 1 amide bonds. The molecule has 2 fully saturated rings. The number of likely N-dealkylation sites (tertiary alicyclic amines) is 1. The molecule has 2 aromatic rings. The summed E-state index contributed by atoms with van der Waals surface area (Å²) in [6.07, 6.45) is 5.10. The minimum absolute atomic E-state index is 0.0305. The van der Waals surface area contributed by atoms with Gasteiger partial charge in [-0.3, -0.25) is 9.69 Å². The molecule has 1 atom stereocenters. The highest BCUT2D eigenvalue weighted by atomic mass is 16.6.